The third-order valence-corrected chi connectivity index (χ3v) is 4.86. The van der Waals surface area contributed by atoms with Gasteiger partial charge in [0.25, 0.3) is 0 Å². The molecule has 23 heavy (non-hydrogen) atoms. The highest BCUT2D eigenvalue weighted by molar-refractivity contribution is 6.36. The largest absolute Gasteiger partial charge is 0.478 e. The van der Waals surface area contributed by atoms with Gasteiger partial charge in [-0.1, -0.05) is 17.7 Å². The highest BCUT2D eigenvalue weighted by Gasteiger charge is 2.22. The number of carboxylic acid groups (broad SMARTS) is 1. The number of benzene rings is 1. The number of carbonyl (C=O) groups is 1. The Morgan fingerprint density at radius 2 is 2.26 bits per heavy atom. The van der Waals surface area contributed by atoms with Gasteiger partial charge in [0.1, 0.15) is 0 Å². The first kappa shape index (κ1) is 16.3. The average Bonchev–Trinajstić information content (AvgIpc) is 2.90. The number of aromatic carboxylic acids is 1. The number of carboxylic acids is 1. The first-order valence-corrected chi connectivity index (χ1v) is 8.38. The number of hydrogen-bond donors (Lipinski definition) is 3. The molecule has 1 aromatic heterocycles. The minimum Gasteiger partial charge on any atom is -0.478 e. The summed E-state index contributed by atoms with van der Waals surface area (Å²) in [5.41, 5.74) is 1.08. The third-order valence-electron chi connectivity index (χ3n) is 4.55. The molecule has 0 aliphatic carbocycles. The van der Waals surface area contributed by atoms with Crippen molar-refractivity contribution >= 4 is 28.5 Å². The molecule has 3 N–H and O–H groups in total. The van der Waals surface area contributed by atoms with Crippen molar-refractivity contribution in [1.29, 1.82) is 0 Å². The molecule has 2 atom stereocenters. The van der Waals surface area contributed by atoms with Gasteiger partial charge in [0.05, 0.1) is 22.2 Å². The molecule has 1 fully saturated rings. The number of aliphatic hydroxyl groups is 1. The Balaban J connectivity index is 1.75. The van der Waals surface area contributed by atoms with Crippen molar-refractivity contribution in [2.24, 2.45) is 0 Å². The number of aromatic nitrogens is 1. The topological polar surface area (TPSA) is 74.5 Å². The van der Waals surface area contributed by atoms with Crippen LogP contribution in [0.3, 0.4) is 0 Å². The van der Waals surface area contributed by atoms with Crippen molar-refractivity contribution in [3.8, 4) is 0 Å². The Morgan fingerprint density at radius 1 is 1.43 bits per heavy atom. The van der Waals surface area contributed by atoms with E-state index in [1.54, 1.807) is 12.3 Å². The van der Waals surface area contributed by atoms with Gasteiger partial charge in [0.15, 0.2) is 0 Å². The van der Waals surface area contributed by atoms with Gasteiger partial charge in [-0.2, -0.15) is 0 Å². The second kappa shape index (κ2) is 6.91. The molecule has 2 heterocycles. The van der Waals surface area contributed by atoms with Crippen LogP contribution < -0.4 is 5.32 Å². The zero-order valence-corrected chi connectivity index (χ0v) is 13.6. The van der Waals surface area contributed by atoms with Crippen LogP contribution in [0.4, 0.5) is 0 Å². The first-order chi connectivity index (χ1) is 11.1. The van der Waals surface area contributed by atoms with E-state index in [2.05, 4.69) is 5.32 Å². The van der Waals surface area contributed by atoms with E-state index in [1.807, 2.05) is 16.7 Å². The lowest BCUT2D eigenvalue weighted by Crippen LogP contribution is -2.44. The minimum atomic E-state index is -0.966. The van der Waals surface area contributed by atoms with Crippen LogP contribution in [0.5, 0.6) is 0 Å². The molecule has 0 spiro atoms. The number of rotatable bonds is 5. The number of hydrogen-bond acceptors (Lipinski definition) is 3. The van der Waals surface area contributed by atoms with Gasteiger partial charge in [-0.05, 0) is 44.4 Å². The fourth-order valence-electron chi connectivity index (χ4n) is 3.37. The second-order valence-electron chi connectivity index (χ2n) is 6.09. The van der Waals surface area contributed by atoms with Crippen molar-refractivity contribution in [3.63, 3.8) is 0 Å². The molecule has 5 nitrogen and oxygen atoms in total. The van der Waals surface area contributed by atoms with Crippen LogP contribution in [-0.2, 0) is 6.54 Å². The van der Waals surface area contributed by atoms with Gasteiger partial charge in [-0.3, -0.25) is 0 Å². The number of fused-ring (bicyclic) bond motifs is 1. The van der Waals surface area contributed by atoms with Crippen LogP contribution in [0.15, 0.2) is 24.4 Å². The molecule has 3 rings (SSSR count). The highest BCUT2D eigenvalue weighted by Crippen LogP contribution is 2.29. The van der Waals surface area contributed by atoms with Crippen LogP contribution in [0.25, 0.3) is 10.9 Å². The molecule has 2 aromatic rings. The molecule has 0 saturated carbocycles. The van der Waals surface area contributed by atoms with Crippen LogP contribution >= 0.6 is 11.6 Å². The number of aliphatic hydroxyl groups excluding tert-OH is 1. The maximum absolute atomic E-state index is 11.4. The van der Waals surface area contributed by atoms with E-state index in [4.69, 9.17) is 11.6 Å². The van der Waals surface area contributed by atoms with Crippen molar-refractivity contribution in [2.75, 3.05) is 6.54 Å². The van der Waals surface area contributed by atoms with E-state index in [-0.39, 0.29) is 17.7 Å². The van der Waals surface area contributed by atoms with Crippen molar-refractivity contribution in [1.82, 2.24) is 9.88 Å². The quantitative estimate of drug-likeness (QED) is 0.785. The molecule has 1 aliphatic rings. The van der Waals surface area contributed by atoms with Crippen molar-refractivity contribution in [2.45, 2.75) is 44.4 Å². The van der Waals surface area contributed by atoms with E-state index in [0.717, 1.165) is 37.7 Å². The Kier molecular flexibility index (Phi) is 4.90. The molecule has 0 unspecified atom stereocenters. The molecule has 1 aliphatic heterocycles. The molecule has 1 aromatic carbocycles. The first-order valence-electron chi connectivity index (χ1n) is 8.00. The number of halogens is 1. The molecule has 124 valence electrons. The van der Waals surface area contributed by atoms with E-state index < -0.39 is 5.97 Å². The van der Waals surface area contributed by atoms with Gasteiger partial charge in [-0.25, -0.2) is 4.79 Å². The lowest BCUT2D eigenvalue weighted by Gasteiger charge is -2.29. The summed E-state index contributed by atoms with van der Waals surface area (Å²) in [7, 11) is 0. The summed E-state index contributed by atoms with van der Waals surface area (Å²) in [5, 5.41) is 23.8. The van der Waals surface area contributed by atoms with Crippen LogP contribution in [-0.4, -0.2) is 39.4 Å². The van der Waals surface area contributed by atoms with Crippen LogP contribution in [0.1, 0.15) is 36.0 Å². The third kappa shape index (κ3) is 3.37. The Morgan fingerprint density at radius 3 is 3.00 bits per heavy atom. The smallest absolute Gasteiger partial charge is 0.337 e. The monoisotopic (exact) mass is 336 g/mol. The summed E-state index contributed by atoms with van der Waals surface area (Å²) in [5.74, 6) is -0.966. The van der Waals surface area contributed by atoms with E-state index in [0.29, 0.717) is 17.0 Å². The van der Waals surface area contributed by atoms with E-state index >= 15 is 0 Å². The van der Waals surface area contributed by atoms with Crippen molar-refractivity contribution in [3.05, 3.63) is 35.0 Å². The van der Waals surface area contributed by atoms with Crippen LogP contribution in [0.2, 0.25) is 5.02 Å². The molecular weight excluding hydrogens is 316 g/mol. The number of nitrogens with zero attached hydrogens (tertiary/aromatic N) is 1. The van der Waals surface area contributed by atoms with E-state index in [9.17, 15) is 15.0 Å². The second-order valence-corrected chi connectivity index (χ2v) is 6.49. The fourth-order valence-corrected chi connectivity index (χ4v) is 3.64. The number of piperidine rings is 1. The predicted octanol–water partition coefficient (Wildman–Crippen LogP) is 2.89. The molecule has 6 heteroatoms. The Hall–Kier alpha value is -1.56. The van der Waals surface area contributed by atoms with Gasteiger partial charge in [-0.15, -0.1) is 0 Å². The van der Waals surface area contributed by atoms with Crippen molar-refractivity contribution < 1.29 is 15.0 Å². The molecular formula is C17H21ClN2O3. The maximum atomic E-state index is 11.4. The summed E-state index contributed by atoms with van der Waals surface area (Å²) >= 11 is 6.17. The summed E-state index contributed by atoms with van der Waals surface area (Å²) in [6.45, 7) is 1.65. The Bertz CT molecular complexity index is 713. The fraction of sp³-hybridized carbons (Fsp3) is 0.471. The zero-order chi connectivity index (χ0) is 16.4. The van der Waals surface area contributed by atoms with Gasteiger partial charge in [0, 0.05) is 24.2 Å². The minimum absolute atomic E-state index is 0.133. The highest BCUT2D eigenvalue weighted by atomic mass is 35.5. The molecule has 0 radical (unpaired) electrons. The Labute approximate surface area is 139 Å². The normalized spacial score (nSPS) is 21.7. The zero-order valence-electron chi connectivity index (χ0n) is 12.8. The van der Waals surface area contributed by atoms with E-state index in [1.165, 1.54) is 0 Å². The number of nitrogens with one attached hydrogen (secondary N) is 1. The van der Waals surface area contributed by atoms with Gasteiger partial charge in [0.2, 0.25) is 0 Å². The van der Waals surface area contributed by atoms with Crippen LogP contribution in [0, 0.1) is 0 Å². The molecule has 1 saturated heterocycles. The summed E-state index contributed by atoms with van der Waals surface area (Å²) < 4.78 is 1.94. The lowest BCUT2D eigenvalue weighted by molar-refractivity contribution is 0.0698. The summed E-state index contributed by atoms with van der Waals surface area (Å²) in [4.78, 5) is 11.4. The predicted molar refractivity (Wildman–Crippen MR) is 90.2 cm³/mol. The van der Waals surface area contributed by atoms with Gasteiger partial charge < -0.3 is 20.1 Å². The lowest BCUT2D eigenvalue weighted by atomic mass is 9.97. The van der Waals surface area contributed by atoms with Gasteiger partial charge >= 0.3 is 5.97 Å². The molecule has 0 bridgehead atoms. The SMILES string of the molecule is O=C(O)c1cn(CCC[C@H]2NCCC[C@@H]2O)c2cccc(Cl)c12. The maximum Gasteiger partial charge on any atom is 0.337 e. The summed E-state index contributed by atoms with van der Waals surface area (Å²) in [6.07, 6.45) is 4.97. The average molecular weight is 337 g/mol. The summed E-state index contributed by atoms with van der Waals surface area (Å²) in [6, 6.07) is 5.57. The number of aryl methyl sites for hydroxylation is 1. The standard InChI is InChI=1S/C17H21ClN2O3/c18-12-4-1-6-14-16(12)11(17(22)23)10-20(14)9-3-5-13-15(21)7-2-8-19-13/h1,4,6,10,13,15,19,21H,2-3,5,7-9H2,(H,22,23)/t13-,15+/m1/s1. The molecule has 0 amide bonds.